The highest BCUT2D eigenvalue weighted by atomic mass is 32.1. The maximum Gasteiger partial charge on any atom is 0.270 e. The number of non-ortho nitro benzene ring substituents is 1. The number of nitro groups is 1. The molecule has 0 fully saturated rings. The van der Waals surface area contributed by atoms with E-state index < -0.39 is 10.8 Å². The van der Waals surface area contributed by atoms with Crippen LogP contribution in [0.2, 0.25) is 0 Å². The molecule has 3 aromatic rings. The van der Waals surface area contributed by atoms with Crippen molar-refractivity contribution in [3.63, 3.8) is 0 Å². The second kappa shape index (κ2) is 7.75. The summed E-state index contributed by atoms with van der Waals surface area (Å²) in [4.78, 5) is 38.1. The summed E-state index contributed by atoms with van der Waals surface area (Å²) < 4.78 is 0. The van der Waals surface area contributed by atoms with Gasteiger partial charge < -0.3 is 10.6 Å². The molecular formula is C18H14N4O4S. The van der Waals surface area contributed by atoms with Gasteiger partial charge in [0, 0.05) is 41.3 Å². The minimum absolute atomic E-state index is 0.149. The van der Waals surface area contributed by atoms with Gasteiger partial charge in [-0.1, -0.05) is 18.2 Å². The summed E-state index contributed by atoms with van der Waals surface area (Å²) in [6.45, 7) is 1.41. The fourth-order valence-electron chi connectivity index (χ4n) is 2.33. The van der Waals surface area contributed by atoms with Crippen molar-refractivity contribution in [1.82, 2.24) is 4.98 Å². The molecule has 1 aromatic heterocycles. The average molecular weight is 382 g/mol. The summed E-state index contributed by atoms with van der Waals surface area (Å²) in [5.74, 6) is -0.651. The zero-order valence-corrected chi connectivity index (χ0v) is 14.9. The van der Waals surface area contributed by atoms with Crippen LogP contribution in [0.1, 0.15) is 17.3 Å². The molecule has 0 atom stereocenters. The normalized spacial score (nSPS) is 10.3. The molecule has 0 aliphatic rings. The van der Waals surface area contributed by atoms with Gasteiger partial charge in [0.2, 0.25) is 5.91 Å². The second-order valence-corrected chi connectivity index (χ2v) is 6.42. The Kier molecular flexibility index (Phi) is 5.23. The van der Waals surface area contributed by atoms with E-state index in [1.54, 1.807) is 23.6 Å². The maximum absolute atomic E-state index is 12.4. The predicted octanol–water partition coefficient (Wildman–Crippen LogP) is 3.93. The number of hydrogen-bond donors (Lipinski definition) is 2. The standard InChI is InChI=1S/C18H14N4O4S/c1-11(23)19-18-21-16(10-27-18)12-4-2-6-14(8-12)20-17(24)13-5-3-7-15(9-13)22(25)26/h2-10H,1H3,(H,20,24)(H,19,21,23). The summed E-state index contributed by atoms with van der Waals surface area (Å²) in [6.07, 6.45) is 0. The summed E-state index contributed by atoms with van der Waals surface area (Å²) in [5, 5.41) is 18.5. The topological polar surface area (TPSA) is 114 Å². The van der Waals surface area contributed by atoms with Gasteiger partial charge in [0.05, 0.1) is 10.6 Å². The van der Waals surface area contributed by atoms with Crippen molar-refractivity contribution >= 4 is 39.7 Å². The van der Waals surface area contributed by atoms with Crippen LogP contribution in [0.15, 0.2) is 53.9 Å². The van der Waals surface area contributed by atoms with Crippen molar-refractivity contribution in [2.75, 3.05) is 10.6 Å². The number of hydrogen-bond acceptors (Lipinski definition) is 6. The molecule has 0 saturated heterocycles. The number of nitrogens with zero attached hydrogens (tertiary/aromatic N) is 2. The number of carbonyl (C=O) groups is 2. The molecule has 0 aliphatic heterocycles. The van der Waals surface area contributed by atoms with Crippen LogP contribution in [0.5, 0.6) is 0 Å². The van der Waals surface area contributed by atoms with Gasteiger partial charge in [-0.25, -0.2) is 4.98 Å². The molecular weight excluding hydrogens is 368 g/mol. The van der Waals surface area contributed by atoms with E-state index >= 15 is 0 Å². The molecule has 136 valence electrons. The fraction of sp³-hybridized carbons (Fsp3) is 0.0556. The highest BCUT2D eigenvalue weighted by Gasteiger charge is 2.12. The van der Waals surface area contributed by atoms with Gasteiger partial charge >= 0.3 is 0 Å². The third-order valence-corrected chi connectivity index (χ3v) is 4.28. The van der Waals surface area contributed by atoms with Crippen LogP contribution in [0.4, 0.5) is 16.5 Å². The molecule has 2 N–H and O–H groups in total. The van der Waals surface area contributed by atoms with Crippen molar-refractivity contribution in [2.24, 2.45) is 0 Å². The minimum atomic E-state index is -0.549. The quantitative estimate of drug-likeness (QED) is 0.512. The lowest BCUT2D eigenvalue weighted by Gasteiger charge is -2.07. The highest BCUT2D eigenvalue weighted by molar-refractivity contribution is 7.14. The van der Waals surface area contributed by atoms with Gasteiger partial charge in [-0.05, 0) is 18.2 Å². The summed E-state index contributed by atoms with van der Waals surface area (Å²) >= 11 is 1.30. The van der Waals surface area contributed by atoms with Crippen molar-refractivity contribution in [3.8, 4) is 11.3 Å². The zero-order valence-electron chi connectivity index (χ0n) is 14.1. The molecule has 1 heterocycles. The highest BCUT2D eigenvalue weighted by Crippen LogP contribution is 2.27. The van der Waals surface area contributed by atoms with Crippen LogP contribution in [0, 0.1) is 10.1 Å². The smallest absolute Gasteiger partial charge is 0.270 e. The predicted molar refractivity (Wildman–Crippen MR) is 103 cm³/mol. The number of amides is 2. The number of anilines is 2. The molecule has 2 amide bonds. The Morgan fingerprint density at radius 1 is 1.11 bits per heavy atom. The van der Waals surface area contributed by atoms with E-state index in [0.717, 1.165) is 5.56 Å². The molecule has 0 aliphatic carbocycles. The zero-order chi connectivity index (χ0) is 19.4. The summed E-state index contributed by atoms with van der Waals surface area (Å²) in [6, 6.07) is 12.5. The number of thiazole rings is 1. The SMILES string of the molecule is CC(=O)Nc1nc(-c2cccc(NC(=O)c3cccc([N+](=O)[O-])c3)c2)cs1. The molecule has 9 heteroatoms. The number of nitro benzene ring substituents is 1. The molecule has 0 spiro atoms. The van der Waals surface area contributed by atoms with Crippen LogP contribution >= 0.6 is 11.3 Å². The Morgan fingerprint density at radius 3 is 2.63 bits per heavy atom. The third kappa shape index (κ3) is 4.53. The first kappa shape index (κ1) is 18.2. The van der Waals surface area contributed by atoms with E-state index in [1.807, 2.05) is 6.07 Å². The number of nitrogens with one attached hydrogen (secondary N) is 2. The van der Waals surface area contributed by atoms with E-state index in [4.69, 9.17) is 0 Å². The third-order valence-electron chi connectivity index (χ3n) is 3.52. The Bertz CT molecular complexity index is 1030. The van der Waals surface area contributed by atoms with E-state index in [-0.39, 0.29) is 17.2 Å². The largest absolute Gasteiger partial charge is 0.322 e. The van der Waals surface area contributed by atoms with Gasteiger partial charge in [0.1, 0.15) is 0 Å². The first-order valence-corrected chi connectivity index (χ1v) is 8.70. The van der Waals surface area contributed by atoms with Crippen molar-refractivity contribution in [3.05, 3.63) is 69.6 Å². The van der Waals surface area contributed by atoms with E-state index in [9.17, 15) is 19.7 Å². The Morgan fingerprint density at radius 2 is 1.89 bits per heavy atom. The van der Waals surface area contributed by atoms with Gasteiger partial charge in [-0.15, -0.1) is 11.3 Å². The monoisotopic (exact) mass is 382 g/mol. The van der Waals surface area contributed by atoms with Crippen molar-refractivity contribution in [2.45, 2.75) is 6.92 Å². The lowest BCUT2D eigenvalue weighted by molar-refractivity contribution is -0.384. The molecule has 0 saturated carbocycles. The molecule has 0 radical (unpaired) electrons. The van der Waals surface area contributed by atoms with Gasteiger partial charge in [-0.3, -0.25) is 19.7 Å². The van der Waals surface area contributed by atoms with Gasteiger partial charge in [0.25, 0.3) is 11.6 Å². The number of aromatic nitrogens is 1. The van der Waals surface area contributed by atoms with Crippen LogP contribution in [-0.4, -0.2) is 21.7 Å². The summed E-state index contributed by atoms with van der Waals surface area (Å²) in [5.41, 5.74) is 1.99. The number of benzene rings is 2. The maximum atomic E-state index is 12.4. The first-order valence-electron chi connectivity index (χ1n) is 7.82. The minimum Gasteiger partial charge on any atom is -0.322 e. The molecule has 3 rings (SSSR count). The number of carbonyl (C=O) groups excluding carboxylic acids is 2. The molecule has 0 unspecified atom stereocenters. The fourth-order valence-corrected chi connectivity index (χ4v) is 3.10. The number of rotatable bonds is 5. The van der Waals surface area contributed by atoms with Crippen LogP contribution in [0.3, 0.4) is 0 Å². The van der Waals surface area contributed by atoms with Crippen molar-refractivity contribution in [1.29, 1.82) is 0 Å². The Balaban J connectivity index is 1.78. The van der Waals surface area contributed by atoms with Crippen LogP contribution in [0.25, 0.3) is 11.3 Å². The van der Waals surface area contributed by atoms with E-state index in [0.29, 0.717) is 16.5 Å². The molecule has 27 heavy (non-hydrogen) atoms. The lowest BCUT2D eigenvalue weighted by Crippen LogP contribution is -2.12. The summed E-state index contributed by atoms with van der Waals surface area (Å²) in [7, 11) is 0. The Labute approximate surface area is 158 Å². The van der Waals surface area contributed by atoms with E-state index in [1.165, 1.54) is 42.5 Å². The lowest BCUT2D eigenvalue weighted by atomic mass is 10.1. The molecule has 2 aromatic carbocycles. The van der Waals surface area contributed by atoms with Crippen LogP contribution < -0.4 is 10.6 Å². The second-order valence-electron chi connectivity index (χ2n) is 5.56. The first-order chi connectivity index (χ1) is 12.9. The van der Waals surface area contributed by atoms with Crippen molar-refractivity contribution < 1.29 is 14.5 Å². The van der Waals surface area contributed by atoms with E-state index in [2.05, 4.69) is 15.6 Å². The van der Waals surface area contributed by atoms with Crippen LogP contribution in [-0.2, 0) is 4.79 Å². The van der Waals surface area contributed by atoms with Gasteiger partial charge in [0.15, 0.2) is 5.13 Å². The average Bonchev–Trinajstić information content (AvgIpc) is 3.10. The molecule has 8 nitrogen and oxygen atoms in total. The Hall–Kier alpha value is -3.59. The molecule has 0 bridgehead atoms. The van der Waals surface area contributed by atoms with Gasteiger partial charge in [-0.2, -0.15) is 0 Å².